The smallest absolute Gasteiger partial charge is 0.339 e. The molecule has 0 N–H and O–H groups in total. The molecule has 0 amide bonds. The summed E-state index contributed by atoms with van der Waals surface area (Å²) < 4.78 is 42.3. The Balaban J connectivity index is 1.71. The Hall–Kier alpha value is -3.07. The minimum absolute atomic E-state index is 0.0329. The number of hydrogen-bond donors (Lipinski definition) is 0. The van der Waals surface area contributed by atoms with E-state index in [9.17, 15) is 13.7 Å². The summed E-state index contributed by atoms with van der Waals surface area (Å²) in [6.07, 6.45) is 1.58. The normalized spacial score (nSPS) is 11.9. The molecule has 0 aliphatic carbocycles. The molecule has 166 valence electrons. The Morgan fingerprint density at radius 2 is 1.91 bits per heavy atom. The van der Waals surface area contributed by atoms with Crippen LogP contribution in [0.25, 0.3) is 22.7 Å². The van der Waals surface area contributed by atoms with E-state index in [0.717, 1.165) is 0 Å². The van der Waals surface area contributed by atoms with Crippen molar-refractivity contribution in [2.75, 3.05) is 7.11 Å². The molecule has 0 fully saturated rings. The third-order valence-electron chi connectivity index (χ3n) is 4.50. The number of oxazole rings is 1. The van der Waals surface area contributed by atoms with Gasteiger partial charge in [-0.25, -0.2) is 4.98 Å². The zero-order chi connectivity index (χ0) is 23.6. The number of rotatable bonds is 6. The van der Waals surface area contributed by atoms with E-state index in [1.54, 1.807) is 30.3 Å². The van der Waals surface area contributed by atoms with Crippen LogP contribution in [0, 0.1) is 14.9 Å². The first-order chi connectivity index (χ1) is 15.8. The number of halogens is 2. The molecule has 0 spiro atoms. The highest BCUT2D eigenvalue weighted by atomic mass is 127. The Labute approximate surface area is 208 Å². The maximum Gasteiger partial charge on any atom is 0.339 e. The molecule has 7 nitrogen and oxygen atoms in total. The van der Waals surface area contributed by atoms with Gasteiger partial charge in [0.2, 0.25) is 5.89 Å². The van der Waals surface area contributed by atoms with Crippen LogP contribution in [-0.2, 0) is 10.1 Å². The van der Waals surface area contributed by atoms with Gasteiger partial charge in [0.15, 0.2) is 17.1 Å². The van der Waals surface area contributed by atoms with E-state index >= 15 is 0 Å². The second-order valence-electron chi connectivity index (χ2n) is 6.68. The fourth-order valence-corrected chi connectivity index (χ4v) is 4.93. The van der Waals surface area contributed by atoms with Gasteiger partial charge in [-0.15, -0.1) is 0 Å². The lowest BCUT2D eigenvalue weighted by atomic mass is 10.1. The summed E-state index contributed by atoms with van der Waals surface area (Å²) in [5.41, 5.74) is 1.98. The van der Waals surface area contributed by atoms with E-state index in [4.69, 9.17) is 24.9 Å². The molecule has 0 saturated carbocycles. The van der Waals surface area contributed by atoms with E-state index in [1.807, 2.05) is 34.7 Å². The van der Waals surface area contributed by atoms with Crippen molar-refractivity contribution < 1.29 is 21.8 Å². The van der Waals surface area contributed by atoms with Crippen molar-refractivity contribution in [3.63, 3.8) is 0 Å². The Morgan fingerprint density at radius 3 is 2.58 bits per heavy atom. The van der Waals surface area contributed by atoms with Crippen molar-refractivity contribution in [1.29, 1.82) is 5.26 Å². The summed E-state index contributed by atoms with van der Waals surface area (Å²) in [5, 5.41) is 10.1. The number of fused-ring (bicyclic) bond motifs is 1. The van der Waals surface area contributed by atoms with Crippen molar-refractivity contribution in [2.24, 2.45) is 0 Å². The lowest BCUT2D eigenvalue weighted by molar-refractivity contribution is 0.389. The molecule has 0 unspecified atom stereocenters. The highest BCUT2D eigenvalue weighted by molar-refractivity contribution is 14.1. The minimum atomic E-state index is -4.12. The number of aromatic nitrogens is 1. The van der Waals surface area contributed by atoms with Gasteiger partial charge < -0.3 is 13.3 Å². The van der Waals surface area contributed by atoms with Gasteiger partial charge in [-0.3, -0.25) is 0 Å². The van der Waals surface area contributed by atoms with Crippen molar-refractivity contribution in [1.82, 2.24) is 4.98 Å². The van der Waals surface area contributed by atoms with Gasteiger partial charge in [0, 0.05) is 5.02 Å². The predicted molar refractivity (Wildman–Crippen MR) is 132 cm³/mol. The quantitative estimate of drug-likeness (QED) is 0.155. The number of nitrogens with zero attached hydrogens (tertiary/aromatic N) is 2. The molecular formula is C23H14ClIN2O5S. The molecule has 1 aromatic heterocycles. The molecule has 4 aromatic rings. The van der Waals surface area contributed by atoms with Crippen LogP contribution < -0.4 is 8.92 Å². The number of hydrogen-bond acceptors (Lipinski definition) is 7. The van der Waals surface area contributed by atoms with Crippen molar-refractivity contribution in [2.45, 2.75) is 4.90 Å². The van der Waals surface area contributed by atoms with Crippen LogP contribution in [0.3, 0.4) is 0 Å². The van der Waals surface area contributed by atoms with Gasteiger partial charge in [-0.1, -0.05) is 23.7 Å². The Morgan fingerprint density at radius 1 is 1.18 bits per heavy atom. The second-order valence-corrected chi connectivity index (χ2v) is 9.83. The van der Waals surface area contributed by atoms with Gasteiger partial charge in [0.05, 0.1) is 10.7 Å². The number of ether oxygens (including phenoxy) is 1. The van der Waals surface area contributed by atoms with Crippen molar-refractivity contribution >= 4 is 67.1 Å². The van der Waals surface area contributed by atoms with E-state index in [1.165, 1.54) is 31.4 Å². The standard InChI is InChI=1S/C23H14ClIN2O5S/c1-30-21-12-14(10-15(13-26)23-27-19-4-2-3-5-20(19)31-23)11-18(25)22(21)32-33(28,29)17-8-6-16(24)7-9-17/h2-12H,1H3/b15-10+. The first-order valence-electron chi connectivity index (χ1n) is 9.36. The number of methoxy groups -OCH3 is 1. The second kappa shape index (κ2) is 9.43. The average Bonchev–Trinajstić information content (AvgIpc) is 3.23. The molecule has 1 heterocycles. The van der Waals surface area contributed by atoms with Crippen LogP contribution in [0.15, 0.2) is 70.0 Å². The van der Waals surface area contributed by atoms with Gasteiger partial charge >= 0.3 is 10.1 Å². The lowest BCUT2D eigenvalue weighted by Crippen LogP contribution is -2.11. The minimum Gasteiger partial charge on any atom is -0.493 e. The number of nitriles is 1. The third kappa shape index (κ3) is 4.98. The van der Waals surface area contributed by atoms with Crippen LogP contribution in [-0.4, -0.2) is 20.5 Å². The zero-order valence-electron chi connectivity index (χ0n) is 17.0. The largest absolute Gasteiger partial charge is 0.493 e. The maximum absolute atomic E-state index is 12.7. The molecule has 0 saturated heterocycles. The summed E-state index contributed by atoms with van der Waals surface area (Å²) in [6.45, 7) is 0. The van der Waals surface area contributed by atoms with E-state index in [-0.39, 0.29) is 27.9 Å². The van der Waals surface area contributed by atoms with Crippen molar-refractivity contribution in [3.05, 3.63) is 80.7 Å². The van der Waals surface area contributed by atoms with E-state index < -0.39 is 10.1 Å². The third-order valence-corrected chi connectivity index (χ3v) is 6.79. The Kier molecular flexibility index (Phi) is 6.60. The van der Waals surface area contributed by atoms with E-state index in [0.29, 0.717) is 25.3 Å². The van der Waals surface area contributed by atoms with Gasteiger partial charge in [0.1, 0.15) is 22.1 Å². The highest BCUT2D eigenvalue weighted by Gasteiger charge is 2.22. The van der Waals surface area contributed by atoms with Gasteiger partial charge in [-0.2, -0.15) is 13.7 Å². The highest BCUT2D eigenvalue weighted by Crippen LogP contribution is 2.37. The lowest BCUT2D eigenvalue weighted by Gasteiger charge is -2.13. The molecule has 0 atom stereocenters. The summed E-state index contributed by atoms with van der Waals surface area (Å²) >= 11 is 7.78. The SMILES string of the molecule is COc1cc(/C=C(\C#N)c2nc3ccccc3o2)cc(I)c1OS(=O)(=O)c1ccc(Cl)cc1. The van der Waals surface area contributed by atoms with Crippen LogP contribution in [0.4, 0.5) is 0 Å². The molecule has 0 bridgehead atoms. The average molecular weight is 593 g/mol. The van der Waals surface area contributed by atoms with Gasteiger partial charge in [-0.05, 0) is 82.8 Å². The molecule has 0 aliphatic heterocycles. The number of allylic oxidation sites excluding steroid dienone is 1. The fraction of sp³-hybridized carbons (Fsp3) is 0.0435. The molecule has 10 heteroatoms. The van der Waals surface area contributed by atoms with Crippen LogP contribution in [0.2, 0.25) is 5.02 Å². The number of para-hydroxylation sites is 2. The number of benzene rings is 3. The van der Waals surface area contributed by atoms with Crippen LogP contribution >= 0.6 is 34.2 Å². The molecular weight excluding hydrogens is 579 g/mol. The maximum atomic E-state index is 12.7. The fourth-order valence-electron chi connectivity index (χ4n) is 2.96. The summed E-state index contributed by atoms with van der Waals surface area (Å²) in [4.78, 5) is 4.30. The molecule has 33 heavy (non-hydrogen) atoms. The first-order valence-corrected chi connectivity index (χ1v) is 12.2. The molecule has 0 aliphatic rings. The topological polar surface area (TPSA) is 102 Å². The molecule has 0 radical (unpaired) electrons. The van der Waals surface area contributed by atoms with E-state index in [2.05, 4.69) is 11.1 Å². The molecule has 3 aromatic carbocycles. The summed E-state index contributed by atoms with van der Waals surface area (Å²) in [5.74, 6) is 0.393. The van der Waals surface area contributed by atoms with Crippen LogP contribution in [0.5, 0.6) is 11.5 Å². The summed E-state index contributed by atoms with van der Waals surface area (Å²) in [7, 11) is -2.72. The van der Waals surface area contributed by atoms with Gasteiger partial charge in [0.25, 0.3) is 0 Å². The summed E-state index contributed by atoms with van der Waals surface area (Å²) in [6, 6.07) is 18.1. The predicted octanol–water partition coefficient (Wildman–Crippen LogP) is 5.93. The Bertz CT molecular complexity index is 1490. The van der Waals surface area contributed by atoms with Crippen LogP contribution in [0.1, 0.15) is 11.5 Å². The monoisotopic (exact) mass is 592 g/mol. The van der Waals surface area contributed by atoms with Crippen molar-refractivity contribution in [3.8, 4) is 17.6 Å². The first kappa shape index (κ1) is 23.1. The zero-order valence-corrected chi connectivity index (χ0v) is 20.7. The molecule has 4 rings (SSSR count).